The third-order valence-corrected chi connectivity index (χ3v) is 3.29. The quantitative estimate of drug-likeness (QED) is 0.792. The molecule has 0 bridgehead atoms. The van der Waals surface area contributed by atoms with Gasteiger partial charge in [-0.3, -0.25) is 4.57 Å². The molecule has 4 atom stereocenters. The number of alkyl halides is 1. The maximum absolute atomic E-state index is 14.2. The summed E-state index contributed by atoms with van der Waals surface area (Å²) in [7, 11) is 1.46. The van der Waals surface area contributed by atoms with Gasteiger partial charge in [0, 0.05) is 7.11 Å². The number of hydrogen-bond acceptors (Lipinski definition) is 7. The van der Waals surface area contributed by atoms with Crippen LogP contribution in [0.15, 0.2) is 12.7 Å². The van der Waals surface area contributed by atoms with Crippen molar-refractivity contribution in [2.75, 3.05) is 19.5 Å². The first-order valence-electron chi connectivity index (χ1n) is 6.03. The highest BCUT2D eigenvalue weighted by atomic mass is 19.1. The summed E-state index contributed by atoms with van der Waals surface area (Å²) in [6.07, 6.45) is -2.00. The molecule has 3 rings (SSSR count). The van der Waals surface area contributed by atoms with E-state index < -0.39 is 24.6 Å². The van der Waals surface area contributed by atoms with Crippen molar-refractivity contribution < 1.29 is 19.0 Å². The van der Waals surface area contributed by atoms with Gasteiger partial charge >= 0.3 is 0 Å². The highest BCUT2D eigenvalue weighted by molar-refractivity contribution is 5.81. The van der Waals surface area contributed by atoms with E-state index in [4.69, 9.17) is 15.2 Å². The Labute approximate surface area is 113 Å². The molecule has 0 aliphatic carbocycles. The summed E-state index contributed by atoms with van der Waals surface area (Å²) in [6, 6.07) is 0. The van der Waals surface area contributed by atoms with Gasteiger partial charge in [-0.25, -0.2) is 19.3 Å². The molecule has 0 amide bonds. The van der Waals surface area contributed by atoms with E-state index in [0.29, 0.717) is 11.2 Å². The molecule has 20 heavy (non-hydrogen) atoms. The molecule has 1 saturated heterocycles. The van der Waals surface area contributed by atoms with E-state index in [1.807, 2.05) is 0 Å². The van der Waals surface area contributed by atoms with Crippen LogP contribution in [-0.4, -0.2) is 56.7 Å². The number of nitrogens with two attached hydrogens (primary N) is 1. The minimum absolute atomic E-state index is 0.0990. The third kappa shape index (κ3) is 1.90. The maximum atomic E-state index is 14.2. The molecule has 0 radical (unpaired) electrons. The number of aliphatic hydroxyl groups excluding tert-OH is 1. The van der Waals surface area contributed by atoms with Crippen molar-refractivity contribution in [3.8, 4) is 0 Å². The Balaban J connectivity index is 1.97. The zero-order chi connectivity index (χ0) is 14.3. The molecule has 9 heteroatoms. The van der Waals surface area contributed by atoms with Gasteiger partial charge in [-0.1, -0.05) is 0 Å². The molecule has 1 fully saturated rings. The Hall–Kier alpha value is -1.84. The van der Waals surface area contributed by atoms with Gasteiger partial charge in [-0.05, 0) is 0 Å². The lowest BCUT2D eigenvalue weighted by atomic mass is 10.1. The first-order valence-corrected chi connectivity index (χ1v) is 6.03. The first kappa shape index (κ1) is 13.2. The summed E-state index contributed by atoms with van der Waals surface area (Å²) >= 11 is 0. The van der Waals surface area contributed by atoms with E-state index in [0.717, 1.165) is 0 Å². The van der Waals surface area contributed by atoms with Gasteiger partial charge < -0.3 is 20.3 Å². The number of fused-ring (bicyclic) bond motifs is 1. The fourth-order valence-electron chi connectivity index (χ4n) is 2.29. The fourth-order valence-corrected chi connectivity index (χ4v) is 2.29. The number of hydrogen-bond donors (Lipinski definition) is 2. The van der Waals surface area contributed by atoms with Crippen LogP contribution in [0.4, 0.5) is 10.2 Å². The monoisotopic (exact) mass is 283 g/mol. The molecule has 4 unspecified atom stereocenters. The van der Waals surface area contributed by atoms with Gasteiger partial charge in [0.2, 0.25) is 0 Å². The van der Waals surface area contributed by atoms with Crippen molar-refractivity contribution >= 4 is 17.0 Å². The highest BCUT2D eigenvalue weighted by Gasteiger charge is 2.45. The van der Waals surface area contributed by atoms with E-state index in [9.17, 15) is 9.50 Å². The smallest absolute Gasteiger partial charge is 0.173 e. The van der Waals surface area contributed by atoms with Crippen LogP contribution >= 0.6 is 0 Å². The van der Waals surface area contributed by atoms with Crippen LogP contribution < -0.4 is 5.73 Å². The Bertz CT molecular complexity index is 621. The lowest BCUT2D eigenvalue weighted by Crippen LogP contribution is -2.31. The molecule has 2 aromatic heterocycles. The minimum atomic E-state index is -1.61. The molecule has 0 aromatic carbocycles. The summed E-state index contributed by atoms with van der Waals surface area (Å²) < 4.78 is 26.0. The standard InChI is InChI=1S/C11H14FN5O3/c1-19-2-5-8(18)6(12)11(20-5)17-4-16-7-9(13)14-3-15-10(7)17/h3-6,8,11,18H,2H2,1H3,(H2,13,14,15). The lowest BCUT2D eigenvalue weighted by molar-refractivity contribution is -0.0543. The van der Waals surface area contributed by atoms with Crippen LogP contribution in [0.5, 0.6) is 0 Å². The largest absolute Gasteiger partial charge is 0.387 e. The summed E-state index contributed by atoms with van der Waals surface area (Å²) in [5, 5.41) is 9.81. The Morgan fingerprint density at radius 2 is 2.30 bits per heavy atom. The van der Waals surface area contributed by atoms with Crippen molar-refractivity contribution in [2.24, 2.45) is 0 Å². The molecule has 3 N–H and O–H groups in total. The summed E-state index contributed by atoms with van der Waals surface area (Å²) in [5.74, 6) is 0.205. The number of anilines is 1. The molecule has 1 aliphatic rings. The van der Waals surface area contributed by atoms with Gasteiger partial charge in [-0.2, -0.15) is 0 Å². The van der Waals surface area contributed by atoms with Crippen LogP contribution in [0.2, 0.25) is 0 Å². The van der Waals surface area contributed by atoms with Crippen molar-refractivity contribution in [3.63, 3.8) is 0 Å². The van der Waals surface area contributed by atoms with Gasteiger partial charge in [0.1, 0.15) is 24.1 Å². The Morgan fingerprint density at radius 3 is 3.05 bits per heavy atom. The zero-order valence-corrected chi connectivity index (χ0v) is 10.7. The molecule has 108 valence electrons. The number of methoxy groups -OCH3 is 1. The Kier molecular flexibility index (Phi) is 3.24. The van der Waals surface area contributed by atoms with E-state index in [-0.39, 0.29) is 12.4 Å². The van der Waals surface area contributed by atoms with Crippen molar-refractivity contribution in [2.45, 2.75) is 24.6 Å². The molecule has 3 heterocycles. The average Bonchev–Trinajstić information content (AvgIpc) is 2.97. The first-order chi connectivity index (χ1) is 9.63. The van der Waals surface area contributed by atoms with Crippen molar-refractivity contribution in [3.05, 3.63) is 12.7 Å². The van der Waals surface area contributed by atoms with E-state index in [2.05, 4.69) is 15.0 Å². The third-order valence-electron chi connectivity index (χ3n) is 3.29. The second-order valence-corrected chi connectivity index (χ2v) is 4.54. The topological polar surface area (TPSA) is 108 Å². The molecule has 1 aliphatic heterocycles. The van der Waals surface area contributed by atoms with Crippen LogP contribution in [0.25, 0.3) is 11.2 Å². The zero-order valence-electron chi connectivity index (χ0n) is 10.7. The van der Waals surface area contributed by atoms with Gasteiger partial charge in [0.25, 0.3) is 0 Å². The lowest BCUT2D eigenvalue weighted by Gasteiger charge is -2.15. The summed E-state index contributed by atoms with van der Waals surface area (Å²) in [4.78, 5) is 11.9. The predicted octanol–water partition coefficient (Wildman–Crippen LogP) is -0.349. The van der Waals surface area contributed by atoms with Crippen LogP contribution in [0, 0.1) is 0 Å². The van der Waals surface area contributed by atoms with Crippen molar-refractivity contribution in [1.29, 1.82) is 0 Å². The second kappa shape index (κ2) is 4.93. The van der Waals surface area contributed by atoms with Gasteiger partial charge in [0.05, 0.1) is 12.9 Å². The van der Waals surface area contributed by atoms with Gasteiger partial charge in [0.15, 0.2) is 23.9 Å². The number of aliphatic hydroxyl groups is 1. The summed E-state index contributed by atoms with van der Waals surface area (Å²) in [6.45, 7) is 0.0990. The molecule has 0 saturated carbocycles. The average molecular weight is 283 g/mol. The minimum Gasteiger partial charge on any atom is -0.387 e. The summed E-state index contributed by atoms with van der Waals surface area (Å²) in [5.41, 5.74) is 6.40. The van der Waals surface area contributed by atoms with Crippen molar-refractivity contribution in [1.82, 2.24) is 19.5 Å². The number of nitrogen functional groups attached to an aromatic ring is 1. The molecule has 8 nitrogen and oxygen atoms in total. The van der Waals surface area contributed by atoms with E-state index >= 15 is 0 Å². The maximum Gasteiger partial charge on any atom is 0.173 e. The highest BCUT2D eigenvalue weighted by Crippen LogP contribution is 2.33. The molecular formula is C11H14FN5O3. The molecule has 2 aromatic rings. The van der Waals surface area contributed by atoms with Crippen LogP contribution in [0.1, 0.15) is 6.23 Å². The van der Waals surface area contributed by atoms with E-state index in [1.165, 1.54) is 24.3 Å². The molecular weight excluding hydrogens is 269 g/mol. The number of nitrogens with zero attached hydrogens (tertiary/aromatic N) is 4. The predicted molar refractivity (Wildman–Crippen MR) is 66.4 cm³/mol. The second-order valence-electron chi connectivity index (χ2n) is 4.54. The number of imidazole rings is 1. The fraction of sp³-hybridized carbons (Fsp3) is 0.545. The van der Waals surface area contributed by atoms with E-state index in [1.54, 1.807) is 0 Å². The SMILES string of the molecule is COCC1OC(n2cnc3c(N)ncnc32)C(F)C1O. The number of ether oxygens (including phenoxy) is 2. The van der Waals surface area contributed by atoms with Crippen LogP contribution in [-0.2, 0) is 9.47 Å². The Morgan fingerprint density at radius 1 is 1.50 bits per heavy atom. The van der Waals surface area contributed by atoms with Gasteiger partial charge in [-0.15, -0.1) is 0 Å². The number of rotatable bonds is 3. The molecule has 0 spiro atoms. The normalized spacial score (nSPS) is 30.1. The van der Waals surface area contributed by atoms with Crippen LogP contribution in [0.3, 0.4) is 0 Å². The number of aromatic nitrogens is 4. The number of halogens is 1.